The Morgan fingerprint density at radius 2 is 1.11 bits per heavy atom. The van der Waals surface area contributed by atoms with E-state index in [1.165, 1.54) is 64.5 Å². The third-order valence-electron chi connectivity index (χ3n) is 24.4. The van der Waals surface area contributed by atoms with E-state index in [1.807, 2.05) is 0 Å². The molecule has 0 saturated carbocycles. The maximum Gasteiger partial charge on any atom is 0.293 e. The van der Waals surface area contributed by atoms with Gasteiger partial charge in [-0.2, -0.15) is 0 Å². The van der Waals surface area contributed by atoms with Crippen LogP contribution in [-0.4, -0.2) is 312 Å². The minimum absolute atomic E-state index is 0.0183. The van der Waals surface area contributed by atoms with Crippen molar-refractivity contribution in [1.82, 2.24) is 77.3 Å². The smallest absolute Gasteiger partial charge is 0.293 e. The highest BCUT2D eigenvalue weighted by Crippen LogP contribution is 2.29. The Hall–Kier alpha value is -14.0. The number of primary amides is 1. The molecule has 0 spiro atoms. The molecule has 14 N–H and O–H groups in total. The van der Waals surface area contributed by atoms with Gasteiger partial charge in [-0.3, -0.25) is 76.7 Å². The van der Waals surface area contributed by atoms with Crippen molar-refractivity contribution in [1.29, 1.82) is 0 Å². The zero-order valence-electron chi connectivity index (χ0n) is 78.2. The number of aliphatic hydroxyl groups excluding tert-OH is 1. The summed E-state index contributed by atoms with van der Waals surface area (Å²) < 4.78 is 67.1. The molecule has 0 unspecified atom stereocenters. The van der Waals surface area contributed by atoms with Crippen molar-refractivity contribution in [2.24, 2.45) is 11.7 Å². The summed E-state index contributed by atoms with van der Waals surface area (Å²) in [4.78, 5) is 247. The minimum Gasteiger partial charge on any atom is -0.508 e. The first-order chi connectivity index (χ1) is 66.5. The molecular formula is C97H119F3N16O22S. The number of hydrogen-bond acceptors (Lipinski definition) is 23. The van der Waals surface area contributed by atoms with E-state index < -0.39 is 247 Å². The van der Waals surface area contributed by atoms with E-state index in [-0.39, 0.29) is 88.9 Å². The zero-order valence-corrected chi connectivity index (χ0v) is 79.0. The molecule has 3 fully saturated rings. The number of rotatable bonds is 26. The first-order valence-electron chi connectivity index (χ1n) is 45.4. The molecule has 42 heteroatoms. The average Bonchev–Trinajstić information content (AvgIpc) is 1.75. The topological polar surface area (TPSA) is 517 Å². The van der Waals surface area contributed by atoms with Crippen LogP contribution < -0.4 is 58.3 Å². The molecule has 38 nitrogen and oxygen atoms in total. The fraction of sp³-hybridized carbons (Fsp3) is 0.443. The Kier molecular flexibility index (Phi) is 39.6. The molecule has 7 aromatic rings. The van der Waals surface area contributed by atoms with Crippen LogP contribution in [0.25, 0.3) is 10.9 Å². The van der Waals surface area contributed by atoms with E-state index in [9.17, 15) is 33.8 Å². The van der Waals surface area contributed by atoms with Gasteiger partial charge in [0.15, 0.2) is 17.5 Å². The molecule has 139 heavy (non-hydrogen) atoms. The van der Waals surface area contributed by atoms with Gasteiger partial charge >= 0.3 is 0 Å². The molecular weight excluding hydrogens is 1830 g/mol. The second-order valence-corrected chi connectivity index (χ2v) is 35.7. The number of nitrogens with two attached hydrogens (primary N) is 1. The summed E-state index contributed by atoms with van der Waals surface area (Å²) in [5, 5.41) is 46.2. The van der Waals surface area contributed by atoms with Crippen LogP contribution in [0.4, 0.5) is 13.2 Å². The van der Waals surface area contributed by atoms with Gasteiger partial charge in [-0.25, -0.2) is 13.2 Å². The predicted molar refractivity (Wildman–Crippen MR) is 501 cm³/mol. The average molecular weight is 1950 g/mol. The lowest BCUT2D eigenvalue weighted by atomic mass is 9.98. The number of morpholine rings is 1. The number of phenolic OH excluding ortho intramolecular Hbond substituents is 1. The SMILES string of the molecule is CCCC[C@H]1C(=O)N2C[C@H](O)C[C@@H]2C(=O)N[C@@H](COC=O)C(=O)N[C@@H](C(C)C)C(=O)N(C)[C@@H](Cc2ccccc2)C(=O)N[C@@H](Cc2ccc(OC)cc2)C(=O)N2CCOC[C@@H]2C(=O)N[C@@H](Cc2c[nH]c3ccccc23)C(=O)N[C@@H](Cc2ccc(O)cc2)C(=O)N[C@@H](CCOC)C(=O)N[C@H](C(=O)NCC(N)=O)CSCC(=O)N[C@@H](Cc2cc(F)c(F)c(F)c2)C(=O)N(C)[C@@H](Cc2ccccc2)C(=O)N1C. The number of carbonyl (C=O) groups is 16. The number of halogens is 3. The lowest BCUT2D eigenvalue weighted by Gasteiger charge is -2.38. The third kappa shape index (κ3) is 29.5. The molecule has 10 rings (SSSR count). The van der Waals surface area contributed by atoms with E-state index in [0.717, 1.165) is 19.6 Å². The van der Waals surface area contributed by atoms with Crippen molar-refractivity contribution < 1.29 is 119 Å². The number of nitrogens with zero attached hydrogens (tertiary/aromatic N) is 5. The highest BCUT2D eigenvalue weighted by molar-refractivity contribution is 8.00. The van der Waals surface area contributed by atoms with Gasteiger partial charge in [0.2, 0.25) is 88.6 Å². The van der Waals surface area contributed by atoms with Gasteiger partial charge in [0.25, 0.3) is 6.47 Å². The molecule has 6 aromatic carbocycles. The number of aromatic nitrogens is 1. The number of aliphatic hydroxyl groups is 1. The van der Waals surface area contributed by atoms with Crippen LogP contribution in [0.5, 0.6) is 11.5 Å². The largest absolute Gasteiger partial charge is 0.508 e. The summed E-state index contributed by atoms with van der Waals surface area (Å²) in [6, 6.07) is 15.1. The maximum absolute atomic E-state index is 16.0. The second kappa shape index (κ2) is 51.4. The number of para-hydroxylation sites is 1. The summed E-state index contributed by atoms with van der Waals surface area (Å²) in [5.74, 6) is -22.2. The molecule has 0 aliphatic carbocycles. The van der Waals surface area contributed by atoms with E-state index in [0.29, 0.717) is 74.8 Å². The number of methoxy groups -OCH3 is 2. The number of amides is 15. The summed E-state index contributed by atoms with van der Waals surface area (Å²) in [6.07, 6.45) is -2.41. The minimum atomic E-state index is -1.90. The standard InChI is InChI=1S/C97H119F3N16O22S/c1-9-10-25-76-96(133)116-49-63(119)46-78(116)91(128)109-74(50-138-54-117)89(126)111-84(55(2)3)97(134)113(5)77(43-56-19-13-11-14-20-56)90(127)108-73(41-59-28-32-64(136-8)33-29-59)94(131)115-35-37-137-51-80(115)92(129)107-71(45-61-47-102-68-24-18-17-23-65(61)68)88(125)106-70(40-58-26-30-62(118)31-27-58)87(124)105-69(34-36-135-7)86(123)110-75(85(122)103-48-81(101)120)52-139-53-82(121)104-72(42-60-38-66(98)83(100)67(99)39-60)93(130)114(6)79(95(132)112(76)4)44-57-21-15-12-16-22-57/h11-24,26-33,38-39,47,54-55,63,69-80,84,102,118-119H,9-10,25,34-37,40-46,48-53H2,1-8H3,(H2,101,120)(H,103,122)(H,104,121)(H,105,124)(H,106,125)(H,107,129)(H,108,127)(H,109,128)(H,110,123)(H,111,126)/t63-,69+,70+,71+,72+,73+,74+,75+,76+,77+,78-,79+,80-,84+/m1/s1. The van der Waals surface area contributed by atoms with Crippen LogP contribution in [0, 0.1) is 23.4 Å². The quantitative estimate of drug-likeness (QED) is 0.0266. The zero-order chi connectivity index (χ0) is 101. The Morgan fingerprint density at radius 1 is 0.568 bits per heavy atom. The summed E-state index contributed by atoms with van der Waals surface area (Å²) >= 11 is 0.646. The number of carbonyl (C=O) groups excluding carboxylic acids is 16. The third-order valence-corrected chi connectivity index (χ3v) is 25.4. The lowest BCUT2D eigenvalue weighted by Crippen LogP contribution is -2.64. The van der Waals surface area contributed by atoms with Crippen LogP contribution in [0.3, 0.4) is 0 Å². The molecule has 3 saturated heterocycles. The fourth-order valence-corrected chi connectivity index (χ4v) is 17.5. The Balaban J connectivity index is 1.07. The van der Waals surface area contributed by atoms with Gasteiger partial charge in [-0.15, -0.1) is 11.8 Å². The van der Waals surface area contributed by atoms with Gasteiger partial charge in [0.1, 0.15) is 96.6 Å². The number of hydrogen-bond donors (Lipinski definition) is 13. The predicted octanol–water partition coefficient (Wildman–Crippen LogP) is 1.01. The number of aromatic hydroxyl groups is 1. The first kappa shape index (κ1) is 107. The lowest BCUT2D eigenvalue weighted by molar-refractivity contribution is -0.152. The summed E-state index contributed by atoms with van der Waals surface area (Å²) in [6.45, 7) is 1.50. The number of H-pyrrole nitrogens is 1. The van der Waals surface area contributed by atoms with Crippen molar-refractivity contribution in [2.45, 2.75) is 176 Å². The van der Waals surface area contributed by atoms with Crippen molar-refractivity contribution >= 4 is 118 Å². The molecule has 15 amide bonds. The number of likely N-dealkylation sites (N-methyl/N-ethyl adjacent to an activating group) is 3. The van der Waals surface area contributed by atoms with E-state index in [2.05, 4.69) is 52.8 Å². The Labute approximate surface area is 804 Å². The number of ether oxygens (including phenoxy) is 4. The molecule has 4 heterocycles. The second-order valence-electron chi connectivity index (χ2n) is 34.6. The maximum atomic E-state index is 16.0. The molecule has 746 valence electrons. The van der Waals surface area contributed by atoms with Crippen molar-refractivity contribution in [2.75, 3.05) is 92.9 Å². The van der Waals surface area contributed by atoms with Crippen LogP contribution in [-0.2, 0) is 129 Å². The van der Waals surface area contributed by atoms with Gasteiger partial charge in [-0.1, -0.05) is 137 Å². The Morgan fingerprint density at radius 3 is 1.73 bits per heavy atom. The van der Waals surface area contributed by atoms with Crippen molar-refractivity contribution in [3.63, 3.8) is 0 Å². The van der Waals surface area contributed by atoms with Gasteiger partial charge in [0.05, 0.1) is 38.7 Å². The first-order valence-corrected chi connectivity index (χ1v) is 46.6. The summed E-state index contributed by atoms with van der Waals surface area (Å²) in [5.41, 5.74) is 7.89. The molecule has 0 bridgehead atoms. The van der Waals surface area contributed by atoms with Crippen molar-refractivity contribution in [3.8, 4) is 11.5 Å². The number of fused-ring (bicyclic) bond motifs is 3. The van der Waals surface area contributed by atoms with Gasteiger partial charge in [-0.05, 0) is 94.6 Å². The van der Waals surface area contributed by atoms with E-state index >= 15 is 66.3 Å². The highest BCUT2D eigenvalue weighted by Gasteiger charge is 2.48. The fourth-order valence-electron chi connectivity index (χ4n) is 16.7. The van der Waals surface area contributed by atoms with E-state index in [1.54, 1.807) is 136 Å². The number of thioether (sulfide) groups is 1. The number of phenols is 1. The molecule has 3 aliphatic rings. The summed E-state index contributed by atoms with van der Waals surface area (Å²) in [7, 11) is 6.43. The van der Waals surface area contributed by atoms with Crippen LogP contribution >= 0.6 is 11.8 Å². The highest BCUT2D eigenvalue weighted by atomic mass is 32.2. The van der Waals surface area contributed by atoms with Gasteiger partial charge in [0, 0.05) is 116 Å². The van der Waals surface area contributed by atoms with Crippen LogP contribution in [0.15, 0.2) is 152 Å². The van der Waals surface area contributed by atoms with E-state index in [4.69, 9.17) is 24.7 Å². The number of benzene rings is 6. The molecule has 0 radical (unpaired) electrons. The number of unbranched alkanes of at least 4 members (excludes halogenated alkanes) is 1. The van der Waals surface area contributed by atoms with Crippen LogP contribution in [0.1, 0.15) is 86.3 Å². The van der Waals surface area contributed by atoms with Gasteiger partial charge < -0.3 is 112 Å². The number of nitrogens with one attached hydrogen (secondary N) is 10. The van der Waals surface area contributed by atoms with Crippen molar-refractivity contribution in [3.05, 3.63) is 203 Å². The number of aromatic amines is 1. The molecule has 14 atom stereocenters. The molecule has 3 aliphatic heterocycles. The molecule has 1 aromatic heterocycles. The Bertz CT molecular complexity index is 5480. The van der Waals surface area contributed by atoms with Crippen LogP contribution in [0.2, 0.25) is 0 Å². The normalized spacial score (nSPS) is 23.6. The monoisotopic (exact) mass is 1950 g/mol.